The van der Waals surface area contributed by atoms with Gasteiger partial charge in [-0.2, -0.15) is 0 Å². The first-order valence-corrected chi connectivity index (χ1v) is 6.26. The Bertz CT molecular complexity index is 589. The molecule has 3 nitrogen and oxygen atoms in total. The average molecular weight is 246 g/mol. The second kappa shape index (κ2) is 4.40. The molecule has 2 aromatic rings. The molecule has 88 valence electrons. The summed E-state index contributed by atoms with van der Waals surface area (Å²) >= 11 is 1.72. The van der Waals surface area contributed by atoms with Crippen molar-refractivity contribution in [1.82, 2.24) is 4.98 Å². The zero-order chi connectivity index (χ0) is 12.5. The molecule has 17 heavy (non-hydrogen) atoms. The zero-order valence-electron chi connectivity index (χ0n) is 10.2. The smallest absolute Gasteiger partial charge is 0.235 e. The minimum atomic E-state index is 0.0742. The quantitative estimate of drug-likeness (QED) is 0.601. The number of aliphatic imine (C=N–C) groups is 1. The van der Waals surface area contributed by atoms with Crippen LogP contribution in [0, 0.1) is 0 Å². The largest absolute Gasteiger partial charge is 0.241 e. The Morgan fingerprint density at radius 2 is 2.18 bits per heavy atom. The highest BCUT2D eigenvalue weighted by atomic mass is 32.1. The van der Waals surface area contributed by atoms with E-state index < -0.39 is 0 Å². The molecule has 0 atom stereocenters. The van der Waals surface area contributed by atoms with E-state index in [4.69, 9.17) is 0 Å². The number of aromatic nitrogens is 1. The summed E-state index contributed by atoms with van der Waals surface area (Å²) in [4.78, 5) is 18.3. The Morgan fingerprint density at radius 1 is 1.41 bits per heavy atom. The molecule has 0 fully saturated rings. The predicted octanol–water partition coefficient (Wildman–Crippen LogP) is 3.43. The lowest BCUT2D eigenvalue weighted by Gasteiger charge is -2.13. The topological polar surface area (TPSA) is 42.3 Å². The van der Waals surface area contributed by atoms with Crippen molar-refractivity contribution in [3.8, 4) is 0 Å². The van der Waals surface area contributed by atoms with Gasteiger partial charge in [0.05, 0.1) is 21.8 Å². The maximum Gasteiger partial charge on any atom is 0.235 e. The summed E-state index contributed by atoms with van der Waals surface area (Å²) in [6.07, 6.45) is 1.55. The molecule has 0 radical (unpaired) electrons. The van der Waals surface area contributed by atoms with Gasteiger partial charge >= 0.3 is 0 Å². The van der Waals surface area contributed by atoms with Crippen LogP contribution in [0.15, 0.2) is 23.2 Å². The Labute approximate surface area is 104 Å². The third kappa shape index (κ3) is 2.60. The van der Waals surface area contributed by atoms with E-state index >= 15 is 0 Å². The second-order valence-corrected chi connectivity index (χ2v) is 6.01. The van der Waals surface area contributed by atoms with Crippen LogP contribution in [0.5, 0.6) is 0 Å². The van der Waals surface area contributed by atoms with Gasteiger partial charge in [-0.1, -0.05) is 26.8 Å². The third-order valence-corrected chi connectivity index (χ3v) is 3.88. The summed E-state index contributed by atoms with van der Waals surface area (Å²) in [5.41, 5.74) is 2.05. The maximum absolute atomic E-state index is 10.1. The summed E-state index contributed by atoms with van der Waals surface area (Å²) in [6.45, 7) is 6.84. The van der Waals surface area contributed by atoms with Crippen LogP contribution in [0.2, 0.25) is 0 Å². The number of thiazole rings is 1. The molecule has 0 saturated heterocycles. The van der Waals surface area contributed by atoms with Crippen LogP contribution in [0.4, 0.5) is 0 Å². The van der Waals surface area contributed by atoms with E-state index in [0.29, 0.717) is 6.54 Å². The van der Waals surface area contributed by atoms with Gasteiger partial charge in [0.15, 0.2) is 0 Å². The average Bonchev–Trinajstić information content (AvgIpc) is 2.68. The fraction of sp³-hybridized carbons (Fsp3) is 0.385. The fourth-order valence-electron chi connectivity index (χ4n) is 1.52. The number of nitrogens with zero attached hydrogens (tertiary/aromatic N) is 2. The molecule has 0 aliphatic rings. The van der Waals surface area contributed by atoms with Crippen molar-refractivity contribution >= 4 is 27.6 Å². The van der Waals surface area contributed by atoms with Crippen molar-refractivity contribution in [2.24, 2.45) is 4.99 Å². The molecular formula is C13H14N2OS. The van der Waals surface area contributed by atoms with Crippen molar-refractivity contribution in [3.63, 3.8) is 0 Å². The van der Waals surface area contributed by atoms with Gasteiger partial charge in [-0.3, -0.25) is 0 Å². The van der Waals surface area contributed by atoms with E-state index in [1.165, 1.54) is 4.70 Å². The predicted molar refractivity (Wildman–Crippen MR) is 70.1 cm³/mol. The Hall–Kier alpha value is -1.51. The molecule has 0 N–H and O–H groups in total. The Kier molecular flexibility index (Phi) is 3.09. The van der Waals surface area contributed by atoms with Gasteiger partial charge in [-0.25, -0.2) is 14.8 Å². The SMILES string of the molecule is CC(C)(C)c1nc2cc(CN=C=O)ccc2s1. The summed E-state index contributed by atoms with van der Waals surface area (Å²) in [5, 5.41) is 1.13. The first kappa shape index (κ1) is 12.0. The molecular weight excluding hydrogens is 232 g/mol. The zero-order valence-corrected chi connectivity index (χ0v) is 11.0. The fourth-order valence-corrected chi connectivity index (χ4v) is 2.52. The maximum atomic E-state index is 10.1. The van der Waals surface area contributed by atoms with E-state index in [2.05, 4.69) is 30.7 Å². The molecule has 0 amide bonds. The van der Waals surface area contributed by atoms with Crippen LogP contribution < -0.4 is 0 Å². The number of hydrogen-bond acceptors (Lipinski definition) is 4. The first-order valence-electron chi connectivity index (χ1n) is 5.44. The van der Waals surface area contributed by atoms with Crippen LogP contribution in [-0.4, -0.2) is 11.1 Å². The lowest BCUT2D eigenvalue weighted by Crippen LogP contribution is -2.09. The van der Waals surface area contributed by atoms with E-state index in [1.807, 2.05) is 18.2 Å². The normalized spacial score (nSPS) is 11.5. The van der Waals surface area contributed by atoms with E-state index in [0.717, 1.165) is 16.1 Å². The number of carbonyl (C=O) groups excluding carboxylic acids is 1. The Morgan fingerprint density at radius 3 is 2.82 bits per heavy atom. The van der Waals surface area contributed by atoms with Gasteiger partial charge < -0.3 is 0 Å². The van der Waals surface area contributed by atoms with Crippen LogP contribution in [0.3, 0.4) is 0 Å². The summed E-state index contributed by atoms with van der Waals surface area (Å²) < 4.78 is 1.17. The van der Waals surface area contributed by atoms with Crippen LogP contribution in [0.25, 0.3) is 10.2 Å². The number of isocyanates is 1. The molecule has 2 rings (SSSR count). The molecule has 4 heteroatoms. The summed E-state index contributed by atoms with van der Waals surface area (Å²) in [5.74, 6) is 0. The molecule has 1 heterocycles. The standard InChI is InChI=1S/C13H14N2OS/c1-13(2,3)12-15-10-6-9(7-14-8-16)4-5-11(10)17-12/h4-6H,7H2,1-3H3. The van der Waals surface area contributed by atoms with Gasteiger partial charge in [-0.15, -0.1) is 11.3 Å². The highest BCUT2D eigenvalue weighted by Gasteiger charge is 2.18. The lowest BCUT2D eigenvalue weighted by molar-refractivity contribution is 0.563. The number of hydrogen-bond donors (Lipinski definition) is 0. The molecule has 0 aliphatic carbocycles. The van der Waals surface area contributed by atoms with Gasteiger partial charge in [-0.05, 0) is 17.7 Å². The number of fused-ring (bicyclic) bond motifs is 1. The summed E-state index contributed by atoms with van der Waals surface area (Å²) in [7, 11) is 0. The van der Waals surface area contributed by atoms with Crippen molar-refractivity contribution in [2.45, 2.75) is 32.7 Å². The Balaban J connectivity index is 2.44. The molecule has 0 aliphatic heterocycles. The van der Waals surface area contributed by atoms with E-state index in [-0.39, 0.29) is 5.41 Å². The second-order valence-electron chi connectivity index (χ2n) is 4.98. The lowest BCUT2D eigenvalue weighted by atomic mass is 9.98. The van der Waals surface area contributed by atoms with Crippen molar-refractivity contribution in [2.75, 3.05) is 0 Å². The van der Waals surface area contributed by atoms with Crippen LogP contribution in [0.1, 0.15) is 31.3 Å². The van der Waals surface area contributed by atoms with Crippen molar-refractivity contribution in [1.29, 1.82) is 0 Å². The molecule has 0 saturated carbocycles. The minimum Gasteiger partial charge on any atom is -0.241 e. The monoisotopic (exact) mass is 246 g/mol. The molecule has 1 aromatic carbocycles. The van der Waals surface area contributed by atoms with Gasteiger partial charge in [0.1, 0.15) is 0 Å². The number of benzene rings is 1. The van der Waals surface area contributed by atoms with Crippen molar-refractivity contribution in [3.05, 3.63) is 28.8 Å². The third-order valence-electron chi connectivity index (χ3n) is 2.42. The van der Waals surface area contributed by atoms with Gasteiger partial charge in [0.2, 0.25) is 6.08 Å². The van der Waals surface area contributed by atoms with Crippen molar-refractivity contribution < 1.29 is 4.79 Å². The highest BCUT2D eigenvalue weighted by molar-refractivity contribution is 7.18. The molecule has 0 unspecified atom stereocenters. The van der Waals surface area contributed by atoms with Crippen LogP contribution >= 0.6 is 11.3 Å². The van der Waals surface area contributed by atoms with E-state index in [1.54, 1.807) is 17.4 Å². The molecule has 1 aromatic heterocycles. The summed E-state index contributed by atoms with van der Waals surface area (Å²) in [6, 6.07) is 6.01. The molecule has 0 spiro atoms. The van der Waals surface area contributed by atoms with Gasteiger partial charge in [0, 0.05) is 5.41 Å². The highest BCUT2D eigenvalue weighted by Crippen LogP contribution is 2.31. The van der Waals surface area contributed by atoms with Crippen LogP contribution in [-0.2, 0) is 16.8 Å². The first-order chi connectivity index (χ1) is 8.00. The minimum absolute atomic E-state index is 0.0742. The molecule has 0 bridgehead atoms. The van der Waals surface area contributed by atoms with E-state index in [9.17, 15) is 4.79 Å². The number of rotatable bonds is 2. The van der Waals surface area contributed by atoms with Gasteiger partial charge in [0.25, 0.3) is 0 Å².